The van der Waals surface area contributed by atoms with Crippen LogP contribution in [0.2, 0.25) is 0 Å². The average molecular weight is 146 g/mol. The third-order valence-corrected chi connectivity index (χ3v) is 0.892. The normalized spacial score (nSPS) is 16.2. The van der Waals surface area contributed by atoms with Gasteiger partial charge in [-0.1, -0.05) is 13.8 Å². The van der Waals surface area contributed by atoms with Gasteiger partial charge in [-0.15, -0.1) is 0 Å². The van der Waals surface area contributed by atoms with Crippen LogP contribution in [-0.2, 0) is 9.59 Å². The molecule has 1 saturated heterocycles. The van der Waals surface area contributed by atoms with Crippen molar-refractivity contribution in [3.8, 4) is 0 Å². The summed E-state index contributed by atoms with van der Waals surface area (Å²) >= 11 is 0. The minimum absolute atomic E-state index is 0. The van der Waals surface area contributed by atoms with Crippen LogP contribution in [0.15, 0.2) is 0 Å². The largest absolute Gasteiger partial charge is 0.346 e. The maximum Gasteiger partial charge on any atom is 0.239 e. The van der Waals surface area contributed by atoms with E-state index in [9.17, 15) is 9.59 Å². The van der Waals surface area contributed by atoms with Crippen LogP contribution in [0.3, 0.4) is 0 Å². The minimum atomic E-state index is -0.121. The highest BCUT2D eigenvalue weighted by molar-refractivity contribution is 5.92. The van der Waals surface area contributed by atoms with Crippen LogP contribution >= 0.6 is 0 Å². The Hall–Kier alpha value is -1.06. The van der Waals surface area contributed by atoms with Gasteiger partial charge in [-0.3, -0.25) is 9.59 Å². The van der Waals surface area contributed by atoms with E-state index < -0.39 is 0 Å². The van der Waals surface area contributed by atoms with Crippen LogP contribution in [0, 0.1) is 0 Å². The number of rotatable bonds is 0. The summed E-state index contributed by atoms with van der Waals surface area (Å²) in [4.78, 5) is 20.6. The van der Waals surface area contributed by atoms with Crippen LogP contribution in [-0.4, -0.2) is 24.9 Å². The first-order valence-electron chi connectivity index (χ1n) is 3.32. The molecule has 1 rings (SSSR count). The van der Waals surface area contributed by atoms with E-state index in [1.165, 1.54) is 0 Å². The Balaban J connectivity index is 0. The quantitative estimate of drug-likeness (QED) is 0.484. The van der Waals surface area contributed by atoms with Gasteiger partial charge in [0.05, 0.1) is 13.1 Å². The monoisotopic (exact) mass is 146 g/mol. The molecule has 0 bridgehead atoms. The summed E-state index contributed by atoms with van der Waals surface area (Å²) in [6.45, 7) is 4.25. The third-order valence-electron chi connectivity index (χ3n) is 0.892. The topological polar surface area (TPSA) is 58.2 Å². The molecule has 0 aliphatic carbocycles. The number of carbonyl (C=O) groups is 2. The second-order valence-electron chi connectivity index (χ2n) is 1.55. The van der Waals surface area contributed by atoms with Gasteiger partial charge in [-0.05, 0) is 0 Å². The maximum atomic E-state index is 10.3. The van der Waals surface area contributed by atoms with Crippen LogP contribution in [0.4, 0.5) is 0 Å². The van der Waals surface area contributed by atoms with Crippen LogP contribution in [0.5, 0.6) is 0 Å². The Kier molecular flexibility index (Phi) is 4.28. The zero-order valence-electron chi connectivity index (χ0n) is 6.23. The minimum Gasteiger partial charge on any atom is -0.346 e. The molecule has 0 spiro atoms. The fourth-order valence-electron chi connectivity index (χ4n) is 0.483. The van der Waals surface area contributed by atoms with E-state index in [4.69, 9.17) is 0 Å². The predicted molar refractivity (Wildman–Crippen MR) is 39.5 cm³/mol. The van der Waals surface area contributed by atoms with Gasteiger partial charge in [0.15, 0.2) is 0 Å². The molecule has 0 saturated carbocycles. The van der Waals surface area contributed by atoms with Gasteiger partial charge in [0.25, 0.3) is 0 Å². The third kappa shape index (κ3) is 3.06. The summed E-state index contributed by atoms with van der Waals surface area (Å²) in [5.74, 6) is -0.241. The lowest BCUT2D eigenvalue weighted by molar-refractivity contribution is -0.130. The van der Waals surface area contributed by atoms with Crippen molar-refractivity contribution in [3.05, 3.63) is 0 Å². The number of nitrogens with one attached hydrogen (secondary N) is 2. The molecule has 1 fully saturated rings. The molecule has 0 atom stereocenters. The number of piperazine rings is 1. The highest BCUT2D eigenvalue weighted by Gasteiger charge is 2.11. The van der Waals surface area contributed by atoms with E-state index in [1.807, 2.05) is 13.8 Å². The number of hydrogen-bond donors (Lipinski definition) is 2. The Bertz CT molecular complexity index is 111. The molecule has 1 heterocycles. The smallest absolute Gasteiger partial charge is 0.239 e. The molecule has 4 heteroatoms. The summed E-state index contributed by atoms with van der Waals surface area (Å²) in [5, 5.41) is 4.76. The molecule has 0 aromatic heterocycles. The van der Waals surface area contributed by atoms with Crippen molar-refractivity contribution in [2.45, 2.75) is 13.8 Å². The standard InChI is InChI=1S/C4H6N2O2.C2H6.H2/c7-3-1-5-4(8)2-6-3;1-2;/h1-2H2,(H,5,8)(H,6,7);1-2H3;1H. The molecule has 1 aliphatic heterocycles. The SMILES string of the molecule is CC.O=C1CNC(=O)CN1.[HH]. The fraction of sp³-hybridized carbons (Fsp3) is 0.667. The lowest BCUT2D eigenvalue weighted by Crippen LogP contribution is -2.48. The van der Waals surface area contributed by atoms with Gasteiger partial charge in [0.1, 0.15) is 0 Å². The summed E-state index contributed by atoms with van der Waals surface area (Å²) in [6.07, 6.45) is 0. The lowest BCUT2D eigenvalue weighted by Gasteiger charge is -2.10. The highest BCUT2D eigenvalue weighted by atomic mass is 16.2. The van der Waals surface area contributed by atoms with E-state index in [0.29, 0.717) is 0 Å². The molecule has 1 aliphatic rings. The van der Waals surface area contributed by atoms with Gasteiger partial charge < -0.3 is 10.6 Å². The Morgan fingerprint density at radius 1 is 1.10 bits per heavy atom. The second-order valence-corrected chi connectivity index (χ2v) is 1.55. The first-order chi connectivity index (χ1) is 4.79. The van der Waals surface area contributed by atoms with E-state index in [-0.39, 0.29) is 26.3 Å². The first-order valence-corrected chi connectivity index (χ1v) is 3.32. The van der Waals surface area contributed by atoms with E-state index in [1.54, 1.807) is 0 Å². The second kappa shape index (κ2) is 4.78. The molecule has 10 heavy (non-hydrogen) atoms. The van der Waals surface area contributed by atoms with Crippen molar-refractivity contribution >= 4 is 11.8 Å². The fourth-order valence-corrected chi connectivity index (χ4v) is 0.483. The molecule has 0 unspecified atom stereocenters. The van der Waals surface area contributed by atoms with Gasteiger partial charge in [-0.2, -0.15) is 0 Å². The van der Waals surface area contributed by atoms with Gasteiger partial charge >= 0.3 is 0 Å². The van der Waals surface area contributed by atoms with E-state index >= 15 is 0 Å². The maximum absolute atomic E-state index is 10.3. The summed E-state index contributed by atoms with van der Waals surface area (Å²) < 4.78 is 0. The van der Waals surface area contributed by atoms with Gasteiger partial charge in [0, 0.05) is 1.43 Å². The molecular formula is C6H14N2O2. The van der Waals surface area contributed by atoms with Crippen LogP contribution in [0.1, 0.15) is 15.3 Å². The zero-order chi connectivity index (χ0) is 7.98. The van der Waals surface area contributed by atoms with Gasteiger partial charge in [-0.25, -0.2) is 0 Å². The van der Waals surface area contributed by atoms with Crippen molar-refractivity contribution < 1.29 is 11.0 Å². The van der Waals surface area contributed by atoms with Crippen molar-refractivity contribution in [3.63, 3.8) is 0 Å². The molecule has 2 N–H and O–H groups in total. The Morgan fingerprint density at radius 3 is 1.60 bits per heavy atom. The number of hydrogen-bond acceptors (Lipinski definition) is 2. The van der Waals surface area contributed by atoms with E-state index in [2.05, 4.69) is 10.6 Å². The van der Waals surface area contributed by atoms with E-state index in [0.717, 1.165) is 0 Å². The number of amides is 2. The summed E-state index contributed by atoms with van der Waals surface area (Å²) in [5.41, 5.74) is 0. The van der Waals surface area contributed by atoms with Crippen molar-refractivity contribution in [2.24, 2.45) is 0 Å². The molecule has 4 nitrogen and oxygen atoms in total. The molecule has 0 aromatic carbocycles. The van der Waals surface area contributed by atoms with Crippen LogP contribution in [0.25, 0.3) is 0 Å². The van der Waals surface area contributed by atoms with Crippen molar-refractivity contribution in [2.75, 3.05) is 13.1 Å². The molecule has 60 valence electrons. The lowest BCUT2D eigenvalue weighted by atomic mass is 10.4. The Labute approximate surface area is 61.5 Å². The highest BCUT2D eigenvalue weighted by Crippen LogP contribution is 1.72. The van der Waals surface area contributed by atoms with Crippen molar-refractivity contribution in [1.29, 1.82) is 0 Å². The zero-order valence-corrected chi connectivity index (χ0v) is 6.23. The van der Waals surface area contributed by atoms with Crippen molar-refractivity contribution in [1.82, 2.24) is 10.6 Å². The molecular weight excluding hydrogens is 132 g/mol. The summed E-state index contributed by atoms with van der Waals surface area (Å²) in [7, 11) is 0. The average Bonchev–Trinajstić information content (AvgIpc) is 2.00. The number of carbonyl (C=O) groups excluding carboxylic acids is 2. The van der Waals surface area contributed by atoms with Crippen LogP contribution < -0.4 is 10.6 Å². The van der Waals surface area contributed by atoms with Gasteiger partial charge in [0.2, 0.25) is 11.8 Å². The summed E-state index contributed by atoms with van der Waals surface area (Å²) in [6, 6.07) is 0. The predicted octanol–water partition coefficient (Wildman–Crippen LogP) is -0.495. The Morgan fingerprint density at radius 2 is 1.40 bits per heavy atom. The molecule has 0 aromatic rings. The molecule has 0 radical (unpaired) electrons. The first kappa shape index (κ1) is 8.94. The molecule has 2 amide bonds.